The molecule has 106 valence electrons. The minimum atomic E-state index is 0.123. The Kier molecular flexibility index (Phi) is 3.69. The van der Waals surface area contributed by atoms with E-state index < -0.39 is 0 Å². The lowest BCUT2D eigenvalue weighted by molar-refractivity contribution is 0.0637. The second-order valence-corrected chi connectivity index (χ2v) is 5.31. The Hall–Kier alpha value is -1.88. The lowest BCUT2D eigenvalue weighted by Crippen LogP contribution is -2.48. The first-order chi connectivity index (χ1) is 9.78. The van der Waals surface area contributed by atoms with Crippen molar-refractivity contribution in [1.82, 2.24) is 20.0 Å². The molecule has 20 heavy (non-hydrogen) atoms. The highest BCUT2D eigenvalue weighted by Gasteiger charge is 2.21. The first-order valence-electron chi connectivity index (χ1n) is 7.22. The summed E-state index contributed by atoms with van der Waals surface area (Å²) in [7, 11) is 0. The zero-order valence-corrected chi connectivity index (χ0v) is 11.8. The molecule has 0 unspecified atom stereocenters. The second-order valence-electron chi connectivity index (χ2n) is 5.31. The van der Waals surface area contributed by atoms with E-state index in [0.717, 1.165) is 49.2 Å². The van der Waals surface area contributed by atoms with E-state index >= 15 is 0 Å². The standard InChI is InChI=1S/C15H20N4O/c1-2-5-18-6-8-19(9-7-18)15(20)12-3-4-13-11-16-17-14(13)10-12/h3-4,10-11H,2,5-9H2,1H3,(H,16,17). The summed E-state index contributed by atoms with van der Waals surface area (Å²) in [4.78, 5) is 16.9. The third-order valence-electron chi connectivity index (χ3n) is 3.89. The number of rotatable bonds is 3. The summed E-state index contributed by atoms with van der Waals surface area (Å²) in [6.45, 7) is 6.91. The van der Waals surface area contributed by atoms with Crippen molar-refractivity contribution in [3.8, 4) is 0 Å². The number of nitrogens with one attached hydrogen (secondary N) is 1. The fourth-order valence-electron chi connectivity index (χ4n) is 2.74. The number of fused-ring (bicyclic) bond motifs is 1. The van der Waals surface area contributed by atoms with Crippen molar-refractivity contribution >= 4 is 16.8 Å². The number of nitrogens with zero attached hydrogens (tertiary/aromatic N) is 3. The minimum Gasteiger partial charge on any atom is -0.336 e. The average molecular weight is 272 g/mol. The van der Waals surface area contributed by atoms with Crippen LogP contribution in [0.4, 0.5) is 0 Å². The molecular formula is C15H20N4O. The number of carbonyl (C=O) groups is 1. The van der Waals surface area contributed by atoms with Gasteiger partial charge >= 0.3 is 0 Å². The van der Waals surface area contributed by atoms with Crippen LogP contribution >= 0.6 is 0 Å². The molecule has 1 amide bonds. The van der Waals surface area contributed by atoms with Crippen LogP contribution in [-0.2, 0) is 0 Å². The largest absolute Gasteiger partial charge is 0.336 e. The number of piperazine rings is 1. The van der Waals surface area contributed by atoms with Gasteiger partial charge in [0.1, 0.15) is 0 Å². The maximum atomic E-state index is 12.5. The van der Waals surface area contributed by atoms with Crippen LogP contribution in [0.3, 0.4) is 0 Å². The Morgan fingerprint density at radius 2 is 2.10 bits per heavy atom. The summed E-state index contributed by atoms with van der Waals surface area (Å²) >= 11 is 0. The monoisotopic (exact) mass is 272 g/mol. The van der Waals surface area contributed by atoms with Crippen molar-refractivity contribution in [2.24, 2.45) is 0 Å². The topological polar surface area (TPSA) is 52.2 Å². The van der Waals surface area contributed by atoms with E-state index in [1.165, 1.54) is 6.42 Å². The van der Waals surface area contributed by atoms with Gasteiger partial charge in [0, 0.05) is 37.1 Å². The number of aromatic amines is 1. The van der Waals surface area contributed by atoms with Crippen LogP contribution in [-0.4, -0.2) is 58.6 Å². The number of aromatic nitrogens is 2. The van der Waals surface area contributed by atoms with Gasteiger partial charge in [-0.3, -0.25) is 14.8 Å². The maximum Gasteiger partial charge on any atom is 0.254 e. The molecule has 0 bridgehead atoms. The van der Waals surface area contributed by atoms with Gasteiger partial charge in [0.05, 0.1) is 11.7 Å². The van der Waals surface area contributed by atoms with Crippen molar-refractivity contribution < 1.29 is 4.79 Å². The SMILES string of the molecule is CCCN1CCN(C(=O)c2ccc3cn[nH]c3c2)CC1. The fourth-order valence-corrected chi connectivity index (χ4v) is 2.74. The Morgan fingerprint density at radius 3 is 2.85 bits per heavy atom. The number of benzene rings is 1. The molecule has 0 aliphatic carbocycles. The molecule has 1 fully saturated rings. The van der Waals surface area contributed by atoms with Crippen LogP contribution in [0.5, 0.6) is 0 Å². The third kappa shape index (κ3) is 2.54. The van der Waals surface area contributed by atoms with Crippen molar-refractivity contribution in [2.75, 3.05) is 32.7 Å². The maximum absolute atomic E-state index is 12.5. The molecule has 1 aromatic heterocycles. The molecule has 1 N–H and O–H groups in total. The molecule has 2 aromatic rings. The molecule has 3 rings (SSSR count). The van der Waals surface area contributed by atoms with E-state index in [1.54, 1.807) is 6.20 Å². The van der Waals surface area contributed by atoms with Crippen molar-refractivity contribution in [3.63, 3.8) is 0 Å². The minimum absolute atomic E-state index is 0.123. The Labute approximate surface area is 118 Å². The van der Waals surface area contributed by atoms with E-state index in [0.29, 0.717) is 0 Å². The van der Waals surface area contributed by atoms with Crippen LogP contribution < -0.4 is 0 Å². The van der Waals surface area contributed by atoms with Crippen LogP contribution in [0.1, 0.15) is 23.7 Å². The normalized spacial score (nSPS) is 16.8. The van der Waals surface area contributed by atoms with Crippen LogP contribution in [0.15, 0.2) is 24.4 Å². The summed E-state index contributed by atoms with van der Waals surface area (Å²) < 4.78 is 0. The first kappa shape index (κ1) is 13.1. The van der Waals surface area contributed by atoms with E-state index in [2.05, 4.69) is 22.0 Å². The number of amides is 1. The van der Waals surface area contributed by atoms with E-state index in [1.807, 2.05) is 23.1 Å². The molecule has 2 heterocycles. The molecular weight excluding hydrogens is 252 g/mol. The summed E-state index contributed by atoms with van der Waals surface area (Å²) in [6.07, 6.45) is 2.94. The zero-order valence-electron chi connectivity index (χ0n) is 11.8. The Balaban J connectivity index is 1.69. The van der Waals surface area contributed by atoms with E-state index in [9.17, 15) is 4.79 Å². The molecule has 5 nitrogen and oxygen atoms in total. The molecule has 1 aromatic carbocycles. The van der Waals surface area contributed by atoms with Gasteiger partial charge in [-0.05, 0) is 25.1 Å². The van der Waals surface area contributed by atoms with Gasteiger partial charge in [0.2, 0.25) is 0 Å². The molecule has 1 aliphatic rings. The lowest BCUT2D eigenvalue weighted by Gasteiger charge is -2.34. The summed E-state index contributed by atoms with van der Waals surface area (Å²) in [5.41, 5.74) is 1.66. The molecule has 0 atom stereocenters. The number of H-pyrrole nitrogens is 1. The van der Waals surface area contributed by atoms with E-state index in [4.69, 9.17) is 0 Å². The van der Waals surface area contributed by atoms with Gasteiger partial charge in [-0.2, -0.15) is 5.10 Å². The molecule has 0 spiro atoms. The number of carbonyl (C=O) groups excluding carboxylic acids is 1. The average Bonchev–Trinajstić information content (AvgIpc) is 2.95. The highest BCUT2D eigenvalue weighted by atomic mass is 16.2. The quantitative estimate of drug-likeness (QED) is 0.926. The summed E-state index contributed by atoms with van der Waals surface area (Å²) in [5.74, 6) is 0.123. The number of hydrogen-bond acceptors (Lipinski definition) is 3. The summed E-state index contributed by atoms with van der Waals surface area (Å²) in [6, 6.07) is 5.72. The molecule has 0 saturated carbocycles. The predicted molar refractivity (Wildman–Crippen MR) is 78.7 cm³/mol. The fraction of sp³-hybridized carbons (Fsp3) is 0.467. The molecule has 1 saturated heterocycles. The van der Waals surface area contributed by atoms with Crippen LogP contribution in [0.25, 0.3) is 10.9 Å². The van der Waals surface area contributed by atoms with Gasteiger partial charge in [0.15, 0.2) is 0 Å². The molecule has 5 heteroatoms. The Bertz CT molecular complexity index is 599. The van der Waals surface area contributed by atoms with Gasteiger partial charge in [-0.25, -0.2) is 0 Å². The smallest absolute Gasteiger partial charge is 0.254 e. The first-order valence-corrected chi connectivity index (χ1v) is 7.22. The summed E-state index contributed by atoms with van der Waals surface area (Å²) in [5, 5.41) is 7.94. The molecule has 1 aliphatic heterocycles. The van der Waals surface area contributed by atoms with Gasteiger partial charge in [-0.15, -0.1) is 0 Å². The van der Waals surface area contributed by atoms with Crippen molar-refractivity contribution in [1.29, 1.82) is 0 Å². The molecule has 0 radical (unpaired) electrons. The van der Waals surface area contributed by atoms with Gasteiger partial charge in [-0.1, -0.05) is 13.0 Å². The van der Waals surface area contributed by atoms with Crippen LogP contribution in [0, 0.1) is 0 Å². The van der Waals surface area contributed by atoms with Crippen LogP contribution in [0.2, 0.25) is 0 Å². The highest BCUT2D eigenvalue weighted by Crippen LogP contribution is 2.15. The van der Waals surface area contributed by atoms with Crippen molar-refractivity contribution in [3.05, 3.63) is 30.0 Å². The van der Waals surface area contributed by atoms with Gasteiger partial charge < -0.3 is 4.90 Å². The van der Waals surface area contributed by atoms with Crippen molar-refractivity contribution in [2.45, 2.75) is 13.3 Å². The highest BCUT2D eigenvalue weighted by molar-refractivity contribution is 5.97. The second kappa shape index (κ2) is 5.63. The predicted octanol–water partition coefficient (Wildman–Crippen LogP) is 1.73. The van der Waals surface area contributed by atoms with E-state index in [-0.39, 0.29) is 5.91 Å². The third-order valence-corrected chi connectivity index (χ3v) is 3.89. The lowest BCUT2D eigenvalue weighted by atomic mass is 10.1. The van der Waals surface area contributed by atoms with Gasteiger partial charge in [0.25, 0.3) is 5.91 Å². The zero-order chi connectivity index (χ0) is 13.9. The number of hydrogen-bond donors (Lipinski definition) is 1. The Morgan fingerprint density at radius 1 is 1.30 bits per heavy atom.